The number of aromatic nitrogens is 1. The largest absolute Gasteiger partial charge is 0.340 e. The van der Waals surface area contributed by atoms with Gasteiger partial charge in [-0.1, -0.05) is 36.4 Å². The van der Waals surface area contributed by atoms with E-state index in [9.17, 15) is 4.79 Å². The Balaban J connectivity index is 1.90. The second-order valence-corrected chi connectivity index (χ2v) is 6.45. The van der Waals surface area contributed by atoms with Gasteiger partial charge in [-0.05, 0) is 36.0 Å². The molecule has 8 heteroatoms. The molecular weight excluding hydrogens is 379 g/mol. The van der Waals surface area contributed by atoms with Crippen LogP contribution in [0.15, 0.2) is 60.8 Å². The van der Waals surface area contributed by atoms with Crippen molar-refractivity contribution in [2.45, 2.75) is 11.0 Å². The van der Waals surface area contributed by atoms with E-state index in [2.05, 4.69) is 20.9 Å². The van der Waals surface area contributed by atoms with Gasteiger partial charge in [-0.15, -0.1) is 23.2 Å². The number of benzene rings is 1. The summed E-state index contributed by atoms with van der Waals surface area (Å²) in [5, 5.41) is 8.62. The normalized spacial score (nSPS) is 12.0. The van der Waals surface area contributed by atoms with Gasteiger partial charge in [0, 0.05) is 12.3 Å². The third-order valence-electron chi connectivity index (χ3n) is 2.97. The number of hydrogen-bond acceptors (Lipinski definition) is 3. The third kappa shape index (κ3) is 7.09. The van der Waals surface area contributed by atoms with Gasteiger partial charge in [-0.3, -0.25) is 4.79 Å². The first kappa shape index (κ1) is 19.2. The highest BCUT2D eigenvalue weighted by Gasteiger charge is 2.19. The SMILES string of the molecule is O=C(/C=C/c1ccccc1)NC(NC(=S)Nc1ccccn1)C(Cl)Cl. The topological polar surface area (TPSA) is 66.1 Å². The molecule has 1 amide bonds. The van der Waals surface area contributed by atoms with Crippen LogP contribution in [0.2, 0.25) is 0 Å². The first-order valence-electron chi connectivity index (χ1n) is 7.35. The zero-order valence-electron chi connectivity index (χ0n) is 13.0. The lowest BCUT2D eigenvalue weighted by molar-refractivity contribution is -0.117. The molecule has 0 spiro atoms. The minimum Gasteiger partial charge on any atom is -0.340 e. The van der Waals surface area contributed by atoms with Crippen LogP contribution in [0.1, 0.15) is 5.56 Å². The molecule has 25 heavy (non-hydrogen) atoms. The summed E-state index contributed by atoms with van der Waals surface area (Å²) in [6, 6.07) is 14.8. The maximum absolute atomic E-state index is 12.0. The fourth-order valence-corrected chi connectivity index (χ4v) is 2.31. The molecule has 0 saturated heterocycles. The molecule has 0 fully saturated rings. The molecule has 1 aromatic heterocycles. The first-order valence-corrected chi connectivity index (χ1v) is 8.63. The number of hydrogen-bond donors (Lipinski definition) is 3. The molecule has 0 aliphatic rings. The number of nitrogens with zero attached hydrogens (tertiary/aromatic N) is 1. The molecule has 1 aromatic carbocycles. The number of thiocarbonyl (C=S) groups is 1. The van der Waals surface area contributed by atoms with Crippen molar-refractivity contribution in [1.82, 2.24) is 15.6 Å². The van der Waals surface area contributed by atoms with Crippen molar-refractivity contribution in [3.63, 3.8) is 0 Å². The summed E-state index contributed by atoms with van der Waals surface area (Å²) in [7, 11) is 0. The van der Waals surface area contributed by atoms with Crippen LogP contribution in [0.4, 0.5) is 5.82 Å². The number of halogens is 2. The minimum atomic E-state index is -0.905. The Morgan fingerprint density at radius 3 is 2.44 bits per heavy atom. The maximum atomic E-state index is 12.0. The standard InChI is InChI=1S/C17H16Cl2N4OS/c18-15(19)16(23-17(25)21-13-8-4-5-11-20-13)22-14(24)10-9-12-6-2-1-3-7-12/h1-11,15-16H,(H,22,24)(H2,20,21,23,25)/b10-9+. The van der Waals surface area contributed by atoms with Crippen LogP contribution in [-0.4, -0.2) is 27.0 Å². The Morgan fingerprint density at radius 2 is 1.80 bits per heavy atom. The molecule has 0 radical (unpaired) electrons. The molecule has 0 bridgehead atoms. The highest BCUT2D eigenvalue weighted by molar-refractivity contribution is 7.80. The van der Waals surface area contributed by atoms with Gasteiger partial charge in [0.05, 0.1) is 0 Å². The molecule has 0 aliphatic carbocycles. The summed E-state index contributed by atoms with van der Waals surface area (Å²) in [6.07, 6.45) is 3.95. The van der Waals surface area contributed by atoms with Crippen LogP contribution >= 0.6 is 35.4 Å². The van der Waals surface area contributed by atoms with E-state index in [4.69, 9.17) is 35.4 Å². The predicted molar refractivity (Wildman–Crippen MR) is 106 cm³/mol. The fourth-order valence-electron chi connectivity index (χ4n) is 1.83. The lowest BCUT2D eigenvalue weighted by Crippen LogP contribution is -2.52. The quantitative estimate of drug-likeness (QED) is 0.303. The fraction of sp³-hybridized carbons (Fsp3) is 0.118. The van der Waals surface area contributed by atoms with Gasteiger partial charge in [0.2, 0.25) is 5.91 Å². The van der Waals surface area contributed by atoms with Crippen LogP contribution in [0.5, 0.6) is 0 Å². The molecule has 0 saturated carbocycles. The third-order valence-corrected chi connectivity index (χ3v) is 3.69. The van der Waals surface area contributed by atoms with Gasteiger partial charge in [0.15, 0.2) is 5.11 Å². The number of pyridine rings is 1. The average Bonchev–Trinajstić information content (AvgIpc) is 2.61. The Hall–Kier alpha value is -2.15. The number of alkyl halides is 2. The van der Waals surface area contributed by atoms with Gasteiger partial charge in [0.1, 0.15) is 16.8 Å². The van der Waals surface area contributed by atoms with Crippen molar-refractivity contribution < 1.29 is 4.79 Å². The number of nitrogens with one attached hydrogen (secondary N) is 3. The lowest BCUT2D eigenvalue weighted by Gasteiger charge is -2.22. The van der Waals surface area contributed by atoms with Crippen LogP contribution in [0.25, 0.3) is 6.08 Å². The first-order chi connectivity index (χ1) is 12.0. The number of rotatable bonds is 6. The van der Waals surface area contributed by atoms with Crippen molar-refractivity contribution in [3.8, 4) is 0 Å². The van der Waals surface area contributed by atoms with Gasteiger partial charge in [0.25, 0.3) is 0 Å². The van der Waals surface area contributed by atoms with E-state index in [0.29, 0.717) is 5.82 Å². The van der Waals surface area contributed by atoms with Crippen LogP contribution in [0.3, 0.4) is 0 Å². The Labute approximate surface area is 161 Å². The molecule has 5 nitrogen and oxygen atoms in total. The van der Waals surface area contributed by atoms with Crippen molar-refractivity contribution >= 4 is 58.3 Å². The van der Waals surface area contributed by atoms with Crippen LogP contribution in [-0.2, 0) is 4.79 Å². The highest BCUT2D eigenvalue weighted by Crippen LogP contribution is 2.07. The van der Waals surface area contributed by atoms with Crippen LogP contribution in [0, 0.1) is 0 Å². The zero-order chi connectivity index (χ0) is 18.1. The van der Waals surface area contributed by atoms with E-state index in [-0.39, 0.29) is 11.0 Å². The zero-order valence-corrected chi connectivity index (χ0v) is 15.4. The number of anilines is 1. The van der Waals surface area contributed by atoms with E-state index >= 15 is 0 Å². The maximum Gasteiger partial charge on any atom is 0.245 e. The molecule has 2 aromatic rings. The summed E-state index contributed by atoms with van der Waals surface area (Å²) < 4.78 is 0. The van der Waals surface area contributed by atoms with Gasteiger partial charge >= 0.3 is 0 Å². The molecular formula is C17H16Cl2N4OS. The molecule has 3 N–H and O–H groups in total. The molecule has 2 rings (SSSR count). The van der Waals surface area contributed by atoms with Crippen molar-refractivity contribution in [2.75, 3.05) is 5.32 Å². The minimum absolute atomic E-state index is 0.238. The molecule has 1 unspecified atom stereocenters. The Bertz CT molecular complexity index is 726. The van der Waals surface area contributed by atoms with E-state index in [0.717, 1.165) is 5.56 Å². The summed E-state index contributed by atoms with van der Waals surface area (Å²) in [5.41, 5.74) is 0.905. The van der Waals surface area contributed by atoms with E-state index in [1.54, 1.807) is 24.4 Å². The van der Waals surface area contributed by atoms with E-state index in [1.807, 2.05) is 36.4 Å². The van der Waals surface area contributed by atoms with Crippen molar-refractivity contribution in [2.24, 2.45) is 0 Å². The van der Waals surface area contributed by atoms with Crippen LogP contribution < -0.4 is 16.0 Å². The summed E-state index contributed by atoms with van der Waals surface area (Å²) in [5.74, 6) is 0.211. The van der Waals surface area contributed by atoms with Gasteiger partial charge in [-0.25, -0.2) is 4.98 Å². The highest BCUT2D eigenvalue weighted by atomic mass is 35.5. The summed E-state index contributed by atoms with van der Waals surface area (Å²) in [4.78, 5) is 15.2. The summed E-state index contributed by atoms with van der Waals surface area (Å²) >= 11 is 17.0. The second-order valence-electron chi connectivity index (χ2n) is 4.88. The van der Waals surface area contributed by atoms with Gasteiger partial charge < -0.3 is 16.0 Å². The smallest absolute Gasteiger partial charge is 0.245 e. The molecule has 130 valence electrons. The van der Waals surface area contributed by atoms with Crippen molar-refractivity contribution in [1.29, 1.82) is 0 Å². The Kier molecular flexibility index (Phi) is 7.66. The summed E-state index contributed by atoms with van der Waals surface area (Å²) in [6.45, 7) is 0. The number of carbonyl (C=O) groups is 1. The monoisotopic (exact) mass is 394 g/mol. The van der Waals surface area contributed by atoms with E-state index < -0.39 is 11.0 Å². The lowest BCUT2D eigenvalue weighted by atomic mass is 10.2. The number of carbonyl (C=O) groups excluding carboxylic acids is 1. The molecule has 1 heterocycles. The average molecular weight is 395 g/mol. The Morgan fingerprint density at radius 1 is 1.08 bits per heavy atom. The molecule has 0 aliphatic heterocycles. The second kappa shape index (κ2) is 9.98. The van der Waals surface area contributed by atoms with Gasteiger partial charge in [-0.2, -0.15) is 0 Å². The number of amides is 1. The molecule has 1 atom stereocenters. The van der Waals surface area contributed by atoms with E-state index in [1.165, 1.54) is 6.08 Å². The van der Waals surface area contributed by atoms with Crippen molar-refractivity contribution in [3.05, 3.63) is 66.4 Å². The predicted octanol–water partition coefficient (Wildman–Crippen LogP) is 3.33.